The number of rotatable bonds is 9. The molecule has 1 fully saturated rings. The zero-order valence-electron chi connectivity index (χ0n) is 22.7. The van der Waals surface area contributed by atoms with Gasteiger partial charge in [0.2, 0.25) is 5.91 Å². The van der Waals surface area contributed by atoms with Crippen molar-refractivity contribution < 1.29 is 18.9 Å². The molecule has 5 rings (SSSR count). The van der Waals surface area contributed by atoms with E-state index < -0.39 is 16.2 Å². The molecule has 1 saturated heterocycles. The number of benzene rings is 3. The molecule has 3 aromatic carbocycles. The maximum Gasteiger partial charge on any atom is 0.263 e. The van der Waals surface area contributed by atoms with Crippen LogP contribution in [0.2, 0.25) is 10.0 Å². The number of halogens is 2. The molecule has 4 aromatic rings. The van der Waals surface area contributed by atoms with Crippen molar-refractivity contribution in [2.24, 2.45) is 5.73 Å². The van der Waals surface area contributed by atoms with Gasteiger partial charge in [-0.25, -0.2) is 0 Å². The topological polar surface area (TPSA) is 101 Å². The van der Waals surface area contributed by atoms with Gasteiger partial charge in [-0.2, -0.15) is 0 Å². The first kappa shape index (κ1) is 30.4. The molecule has 0 spiro atoms. The molecule has 2 heterocycles. The first-order valence-corrected chi connectivity index (χ1v) is 16.5. The molecular formula is C32H30Cl2N2O4S2. The molecule has 1 aliphatic rings. The van der Waals surface area contributed by atoms with Crippen LogP contribution < -0.4 is 5.73 Å². The lowest BCUT2D eigenvalue weighted by Crippen LogP contribution is -2.51. The molecule has 0 aliphatic carbocycles. The van der Waals surface area contributed by atoms with E-state index >= 15 is 0 Å². The maximum absolute atomic E-state index is 13.8. The van der Waals surface area contributed by atoms with Crippen LogP contribution in [0.4, 0.5) is 0 Å². The summed E-state index contributed by atoms with van der Waals surface area (Å²) in [5.74, 6) is -0.111. The maximum atomic E-state index is 13.8. The number of nitrogens with zero attached hydrogens (tertiary/aromatic N) is 1. The van der Waals surface area contributed by atoms with Gasteiger partial charge in [-0.15, -0.1) is 11.3 Å². The highest BCUT2D eigenvalue weighted by atomic mass is 35.5. The second kappa shape index (κ2) is 13.1. The highest BCUT2D eigenvalue weighted by Gasteiger charge is 2.42. The average Bonchev–Trinajstić information content (AvgIpc) is 3.45. The van der Waals surface area contributed by atoms with Crippen LogP contribution in [0, 0.1) is 0 Å². The molecule has 1 aliphatic heterocycles. The summed E-state index contributed by atoms with van der Waals surface area (Å²) in [4.78, 5) is 30.3. The molecular weight excluding hydrogens is 611 g/mol. The van der Waals surface area contributed by atoms with Crippen molar-refractivity contribution in [2.75, 3.05) is 25.4 Å². The van der Waals surface area contributed by atoms with Crippen molar-refractivity contribution in [1.82, 2.24) is 4.90 Å². The number of aliphatic hydroxyl groups excluding tert-OH is 1. The summed E-state index contributed by atoms with van der Waals surface area (Å²) in [5.41, 5.74) is 8.41. The van der Waals surface area contributed by atoms with Crippen LogP contribution in [0.3, 0.4) is 0 Å². The summed E-state index contributed by atoms with van der Waals surface area (Å²) in [5, 5.41) is 10.1. The molecule has 0 saturated carbocycles. The molecule has 3 N–H and O–H groups in total. The van der Waals surface area contributed by atoms with Crippen LogP contribution in [0.15, 0.2) is 83.8 Å². The molecule has 6 nitrogen and oxygen atoms in total. The zero-order chi connectivity index (χ0) is 29.9. The largest absolute Gasteiger partial charge is 0.396 e. The van der Waals surface area contributed by atoms with Crippen molar-refractivity contribution in [1.29, 1.82) is 0 Å². The standard InChI is InChI=1S/C32H30Cl2N2O4S2/c33-23-9-12-25(27(34)19-23)29-26(21-7-10-24(11-8-21)42(40)18-4-17-37)20-28(41-29)30(38)36-15-13-32(14-16-36,31(35)39)22-5-2-1-3-6-22/h1-3,5-12,19-20,37H,4,13-18H2,(H2,35,39). The lowest BCUT2D eigenvalue weighted by atomic mass is 9.72. The predicted molar refractivity (Wildman–Crippen MR) is 171 cm³/mol. The minimum absolute atomic E-state index is 0.00642. The number of piperidine rings is 1. The number of hydrogen-bond donors (Lipinski definition) is 2. The van der Waals surface area contributed by atoms with Crippen molar-refractivity contribution in [2.45, 2.75) is 29.6 Å². The Hall–Kier alpha value is -3.01. The third kappa shape index (κ3) is 6.19. The predicted octanol–water partition coefficient (Wildman–Crippen LogP) is 6.54. The van der Waals surface area contributed by atoms with Gasteiger partial charge in [-0.3, -0.25) is 13.8 Å². The second-order valence-corrected chi connectivity index (χ2v) is 13.7. The van der Waals surface area contributed by atoms with E-state index in [2.05, 4.69) is 0 Å². The summed E-state index contributed by atoms with van der Waals surface area (Å²) < 4.78 is 12.6. The minimum atomic E-state index is -1.21. The number of primary amides is 1. The van der Waals surface area contributed by atoms with Crippen LogP contribution in [0.25, 0.3) is 21.6 Å². The highest BCUT2D eigenvalue weighted by Crippen LogP contribution is 2.44. The van der Waals surface area contributed by atoms with Gasteiger partial charge in [-0.1, -0.05) is 71.7 Å². The fraction of sp³-hybridized carbons (Fsp3) is 0.250. The summed E-state index contributed by atoms with van der Waals surface area (Å²) in [7, 11) is -1.21. The van der Waals surface area contributed by atoms with E-state index in [-0.39, 0.29) is 18.4 Å². The number of nitrogens with two attached hydrogens (primary N) is 1. The Labute approximate surface area is 261 Å². The van der Waals surface area contributed by atoms with Gasteiger partial charge in [0.05, 0.1) is 26.1 Å². The average molecular weight is 642 g/mol. The Balaban J connectivity index is 1.46. The minimum Gasteiger partial charge on any atom is -0.396 e. The highest BCUT2D eigenvalue weighted by molar-refractivity contribution is 7.85. The van der Waals surface area contributed by atoms with Crippen molar-refractivity contribution in [3.05, 3.63) is 99.3 Å². The van der Waals surface area contributed by atoms with E-state index in [1.807, 2.05) is 66.7 Å². The lowest BCUT2D eigenvalue weighted by molar-refractivity contribution is -0.125. The normalized spacial score (nSPS) is 15.4. The summed E-state index contributed by atoms with van der Waals surface area (Å²) in [6, 6.07) is 24.1. The molecule has 0 radical (unpaired) electrons. The van der Waals surface area contributed by atoms with Crippen LogP contribution in [-0.4, -0.2) is 51.5 Å². The van der Waals surface area contributed by atoms with E-state index in [1.165, 1.54) is 11.3 Å². The summed E-state index contributed by atoms with van der Waals surface area (Å²) >= 11 is 14.1. The third-order valence-electron chi connectivity index (χ3n) is 7.74. The number of hydrogen-bond acceptors (Lipinski definition) is 5. The monoisotopic (exact) mass is 640 g/mol. The lowest BCUT2D eigenvalue weighted by Gasteiger charge is -2.40. The molecule has 42 heavy (non-hydrogen) atoms. The van der Waals surface area contributed by atoms with E-state index in [1.54, 1.807) is 17.0 Å². The van der Waals surface area contributed by atoms with Gasteiger partial charge in [0.15, 0.2) is 0 Å². The van der Waals surface area contributed by atoms with Gasteiger partial charge in [0.1, 0.15) is 0 Å². The second-order valence-electron chi connectivity index (χ2n) is 10.2. The molecule has 10 heteroatoms. The zero-order valence-corrected chi connectivity index (χ0v) is 25.9. The molecule has 1 atom stereocenters. The molecule has 0 bridgehead atoms. The van der Waals surface area contributed by atoms with Gasteiger partial charge < -0.3 is 15.7 Å². The van der Waals surface area contributed by atoms with Gasteiger partial charge in [0.25, 0.3) is 5.91 Å². The fourth-order valence-electron chi connectivity index (χ4n) is 5.37. The number of aliphatic hydroxyl groups is 1. The first-order valence-electron chi connectivity index (χ1n) is 13.6. The Morgan fingerprint density at radius 2 is 1.64 bits per heavy atom. The number of amides is 2. The van der Waals surface area contributed by atoms with Crippen LogP contribution in [0.1, 0.15) is 34.5 Å². The van der Waals surface area contributed by atoms with Crippen LogP contribution >= 0.6 is 34.5 Å². The fourth-order valence-corrected chi connectivity index (χ4v) is 8.18. The van der Waals surface area contributed by atoms with Gasteiger partial charge in [-0.05, 0) is 60.7 Å². The summed E-state index contributed by atoms with van der Waals surface area (Å²) in [6.07, 6.45) is 1.36. The van der Waals surface area contributed by atoms with Crippen molar-refractivity contribution in [3.8, 4) is 21.6 Å². The molecule has 2 amide bonds. The van der Waals surface area contributed by atoms with Crippen molar-refractivity contribution in [3.63, 3.8) is 0 Å². The first-order chi connectivity index (χ1) is 20.2. The van der Waals surface area contributed by atoms with E-state index in [4.69, 9.17) is 34.0 Å². The van der Waals surface area contributed by atoms with Gasteiger partial charge >= 0.3 is 0 Å². The van der Waals surface area contributed by atoms with E-state index in [9.17, 15) is 13.8 Å². The Morgan fingerprint density at radius 1 is 0.952 bits per heavy atom. The smallest absolute Gasteiger partial charge is 0.263 e. The van der Waals surface area contributed by atoms with Crippen molar-refractivity contribution >= 4 is 57.2 Å². The third-order valence-corrected chi connectivity index (χ3v) is 10.9. The Bertz CT molecular complexity index is 1620. The number of thiophene rings is 1. The van der Waals surface area contributed by atoms with Gasteiger partial charge in [0, 0.05) is 51.4 Å². The SMILES string of the molecule is NC(=O)C1(c2ccccc2)CCN(C(=O)c2cc(-c3ccc(S(=O)CCCO)cc3)c(-c3ccc(Cl)cc3Cl)s2)CC1. The van der Waals surface area contributed by atoms with E-state index in [0.29, 0.717) is 57.9 Å². The quantitative estimate of drug-likeness (QED) is 0.217. The van der Waals surface area contributed by atoms with Crippen LogP contribution in [0.5, 0.6) is 0 Å². The Morgan fingerprint density at radius 3 is 2.26 bits per heavy atom. The molecule has 218 valence electrons. The van der Waals surface area contributed by atoms with E-state index in [0.717, 1.165) is 27.1 Å². The Kier molecular flexibility index (Phi) is 9.50. The summed E-state index contributed by atoms with van der Waals surface area (Å²) in [6.45, 7) is 0.790. The van der Waals surface area contributed by atoms with Crippen LogP contribution in [-0.2, 0) is 21.0 Å². The number of carbonyl (C=O) groups excluding carboxylic acids is 2. The molecule has 1 aromatic heterocycles. The number of likely N-dealkylation sites (tertiary alicyclic amines) is 1. The molecule has 1 unspecified atom stereocenters. The number of carbonyl (C=O) groups is 2.